The Bertz CT molecular complexity index is 807. The molecule has 0 atom stereocenters. The van der Waals surface area contributed by atoms with Crippen molar-refractivity contribution in [2.75, 3.05) is 18.9 Å². The maximum absolute atomic E-state index is 12.3. The molecule has 114 valence electrons. The molecule has 7 nitrogen and oxygen atoms in total. The number of ether oxygens (including phenoxy) is 2. The summed E-state index contributed by atoms with van der Waals surface area (Å²) in [5.41, 5.74) is 0.525. The summed E-state index contributed by atoms with van der Waals surface area (Å²) in [6, 6.07) is 4.74. The van der Waals surface area contributed by atoms with Gasteiger partial charge in [-0.15, -0.1) is 0 Å². The van der Waals surface area contributed by atoms with E-state index in [9.17, 15) is 13.2 Å². The van der Waals surface area contributed by atoms with Gasteiger partial charge in [0.1, 0.15) is 11.5 Å². The summed E-state index contributed by atoms with van der Waals surface area (Å²) in [5, 5.41) is 0. The van der Waals surface area contributed by atoms with Gasteiger partial charge in [-0.1, -0.05) is 11.3 Å². The maximum atomic E-state index is 12.3. The summed E-state index contributed by atoms with van der Waals surface area (Å²) in [5.74, 6) is 0.826. The normalized spacial score (nSPS) is 11.2. The van der Waals surface area contributed by atoms with Crippen molar-refractivity contribution in [2.24, 2.45) is 0 Å². The molecule has 2 rings (SSSR count). The van der Waals surface area contributed by atoms with E-state index >= 15 is 0 Å². The van der Waals surface area contributed by atoms with Crippen LogP contribution in [0.25, 0.3) is 0 Å². The number of hydrogen-bond acceptors (Lipinski definition) is 6. The van der Waals surface area contributed by atoms with Gasteiger partial charge in [-0.3, -0.25) is 9.52 Å². The third-order valence-electron chi connectivity index (χ3n) is 2.68. The first kappa shape index (κ1) is 15.4. The van der Waals surface area contributed by atoms with Crippen molar-refractivity contribution >= 4 is 27.0 Å². The number of sulfonamides is 1. The Morgan fingerprint density at radius 1 is 1.24 bits per heavy atom. The summed E-state index contributed by atoms with van der Waals surface area (Å²) in [6.07, 6.45) is 0. The van der Waals surface area contributed by atoms with Crippen LogP contribution in [-0.4, -0.2) is 27.6 Å². The molecule has 21 heavy (non-hydrogen) atoms. The van der Waals surface area contributed by atoms with E-state index in [1.807, 2.05) is 0 Å². The fraction of sp³-hybridized carbons (Fsp3) is 0.250. The van der Waals surface area contributed by atoms with Gasteiger partial charge >= 0.3 is 4.87 Å². The van der Waals surface area contributed by atoms with E-state index in [2.05, 4.69) is 9.71 Å². The highest BCUT2D eigenvalue weighted by Gasteiger charge is 2.22. The number of nitrogens with one attached hydrogen (secondary N) is 2. The fourth-order valence-electron chi connectivity index (χ4n) is 1.73. The minimum absolute atomic E-state index is 0.0580. The molecule has 0 amide bonds. The minimum Gasteiger partial charge on any atom is -0.497 e. The third kappa shape index (κ3) is 3.19. The zero-order chi connectivity index (χ0) is 15.6. The first-order chi connectivity index (χ1) is 9.87. The number of aromatic nitrogens is 1. The predicted octanol–water partition coefficient (Wildman–Crippen LogP) is 1.56. The van der Waals surface area contributed by atoms with Gasteiger partial charge in [0.05, 0.1) is 19.9 Å². The Kier molecular flexibility index (Phi) is 4.24. The standard InChI is InChI=1S/C12H14N2O5S2/c1-7-11(20-12(15)13-7)21(16,17)14-9-6-8(18-2)4-5-10(9)19-3/h4-6,14H,1-3H3,(H,13,15). The quantitative estimate of drug-likeness (QED) is 0.867. The number of rotatable bonds is 5. The van der Waals surface area contributed by atoms with Crippen molar-refractivity contribution < 1.29 is 17.9 Å². The molecule has 0 fully saturated rings. The first-order valence-corrected chi connectivity index (χ1v) is 8.12. The molecule has 0 saturated carbocycles. The Morgan fingerprint density at radius 3 is 2.48 bits per heavy atom. The molecule has 9 heteroatoms. The molecule has 0 aliphatic carbocycles. The number of hydrogen-bond donors (Lipinski definition) is 2. The second kappa shape index (κ2) is 5.78. The fourth-order valence-corrected chi connectivity index (χ4v) is 4.10. The zero-order valence-electron chi connectivity index (χ0n) is 11.6. The second-order valence-corrected chi connectivity index (χ2v) is 6.96. The molecule has 1 heterocycles. The van der Waals surface area contributed by atoms with E-state index in [1.54, 1.807) is 12.1 Å². The van der Waals surface area contributed by atoms with Crippen LogP contribution >= 0.6 is 11.3 Å². The molecule has 0 unspecified atom stereocenters. The Balaban J connectivity index is 2.45. The van der Waals surface area contributed by atoms with E-state index in [0.29, 0.717) is 28.5 Å². The SMILES string of the molecule is COc1ccc(OC)c(NS(=O)(=O)c2sc(=O)[nH]c2C)c1. The van der Waals surface area contributed by atoms with E-state index in [4.69, 9.17) is 9.47 Å². The molecule has 0 saturated heterocycles. The number of anilines is 1. The molecule has 2 N–H and O–H groups in total. The molecule has 0 radical (unpaired) electrons. The lowest BCUT2D eigenvalue weighted by Crippen LogP contribution is -2.13. The molecule has 2 aromatic rings. The predicted molar refractivity (Wildman–Crippen MR) is 80.0 cm³/mol. The van der Waals surface area contributed by atoms with Crippen LogP contribution in [0.3, 0.4) is 0 Å². The number of aromatic amines is 1. The molecule has 0 bridgehead atoms. The van der Waals surface area contributed by atoms with Gasteiger partial charge in [0.2, 0.25) is 0 Å². The lowest BCUT2D eigenvalue weighted by atomic mass is 10.3. The molecular formula is C12H14N2O5S2. The molecule has 1 aromatic heterocycles. The van der Waals surface area contributed by atoms with E-state index in [0.717, 1.165) is 0 Å². The van der Waals surface area contributed by atoms with Gasteiger partial charge in [0.25, 0.3) is 10.0 Å². The highest BCUT2D eigenvalue weighted by molar-refractivity contribution is 7.94. The number of aryl methyl sites for hydroxylation is 1. The maximum Gasteiger partial charge on any atom is 0.306 e. The summed E-state index contributed by atoms with van der Waals surface area (Å²) < 4.78 is 37.2. The van der Waals surface area contributed by atoms with Crippen molar-refractivity contribution in [1.29, 1.82) is 0 Å². The van der Waals surface area contributed by atoms with Gasteiger partial charge in [-0.2, -0.15) is 0 Å². The topological polar surface area (TPSA) is 97.5 Å². The largest absolute Gasteiger partial charge is 0.497 e. The lowest BCUT2D eigenvalue weighted by Gasteiger charge is -2.12. The number of H-pyrrole nitrogens is 1. The zero-order valence-corrected chi connectivity index (χ0v) is 13.2. The van der Waals surface area contributed by atoms with Crippen LogP contribution in [0.15, 0.2) is 27.2 Å². The smallest absolute Gasteiger partial charge is 0.306 e. The highest BCUT2D eigenvalue weighted by Crippen LogP contribution is 2.31. The van der Waals surface area contributed by atoms with Crippen LogP contribution < -0.4 is 19.1 Å². The Labute approximate surface area is 125 Å². The molecule has 0 aliphatic heterocycles. The van der Waals surface area contributed by atoms with Crippen LogP contribution in [0.5, 0.6) is 11.5 Å². The van der Waals surface area contributed by atoms with Crippen molar-refractivity contribution in [3.05, 3.63) is 33.6 Å². The second-order valence-electron chi connectivity index (χ2n) is 4.10. The summed E-state index contributed by atoms with van der Waals surface area (Å²) in [7, 11) is -0.975. The summed E-state index contributed by atoms with van der Waals surface area (Å²) >= 11 is 0.630. The van der Waals surface area contributed by atoms with Gasteiger partial charge in [0.15, 0.2) is 4.21 Å². The van der Waals surface area contributed by atoms with Crippen molar-refractivity contribution in [3.8, 4) is 11.5 Å². The van der Waals surface area contributed by atoms with Crippen molar-refractivity contribution in [3.63, 3.8) is 0 Å². The van der Waals surface area contributed by atoms with Gasteiger partial charge in [-0.25, -0.2) is 8.42 Å². The lowest BCUT2D eigenvalue weighted by molar-refractivity contribution is 0.405. The van der Waals surface area contributed by atoms with Crippen LogP contribution in [0.4, 0.5) is 5.69 Å². The number of thiazole rings is 1. The minimum atomic E-state index is -3.88. The van der Waals surface area contributed by atoms with E-state index in [-0.39, 0.29) is 9.90 Å². The molecular weight excluding hydrogens is 316 g/mol. The van der Waals surface area contributed by atoms with Gasteiger partial charge in [-0.05, 0) is 19.1 Å². The van der Waals surface area contributed by atoms with Crippen LogP contribution in [0.1, 0.15) is 5.69 Å². The Hall–Kier alpha value is -2.00. The third-order valence-corrected chi connectivity index (χ3v) is 5.65. The molecule has 0 aliphatic rings. The van der Waals surface area contributed by atoms with E-state index < -0.39 is 14.9 Å². The summed E-state index contributed by atoms with van der Waals surface area (Å²) in [4.78, 5) is 13.3. The van der Waals surface area contributed by atoms with E-state index in [1.165, 1.54) is 27.2 Å². The van der Waals surface area contributed by atoms with Crippen LogP contribution in [-0.2, 0) is 10.0 Å². The van der Waals surface area contributed by atoms with Gasteiger partial charge < -0.3 is 14.5 Å². The average Bonchev–Trinajstić information content (AvgIpc) is 2.78. The molecule has 0 spiro atoms. The summed E-state index contributed by atoms with van der Waals surface area (Å²) in [6.45, 7) is 1.52. The van der Waals surface area contributed by atoms with Crippen LogP contribution in [0.2, 0.25) is 0 Å². The monoisotopic (exact) mass is 330 g/mol. The van der Waals surface area contributed by atoms with Crippen molar-refractivity contribution in [1.82, 2.24) is 4.98 Å². The molecule has 1 aromatic carbocycles. The number of benzene rings is 1. The Morgan fingerprint density at radius 2 is 1.95 bits per heavy atom. The highest BCUT2D eigenvalue weighted by atomic mass is 32.2. The van der Waals surface area contributed by atoms with Crippen molar-refractivity contribution in [2.45, 2.75) is 11.1 Å². The van der Waals surface area contributed by atoms with Gasteiger partial charge in [0, 0.05) is 11.8 Å². The first-order valence-electron chi connectivity index (χ1n) is 5.82. The average molecular weight is 330 g/mol. The van der Waals surface area contributed by atoms with Crippen LogP contribution in [0, 0.1) is 6.92 Å². The number of methoxy groups -OCH3 is 2.